The fourth-order valence-corrected chi connectivity index (χ4v) is 1.42. The third-order valence-corrected chi connectivity index (χ3v) is 2.28. The number of halogens is 4. The number of rotatable bonds is 3. The second-order valence-corrected chi connectivity index (χ2v) is 3.59. The van der Waals surface area contributed by atoms with Gasteiger partial charge in [-0.15, -0.1) is 0 Å². The van der Waals surface area contributed by atoms with Crippen LogP contribution in [0.1, 0.15) is 10.4 Å². The molecule has 0 unspecified atom stereocenters. The summed E-state index contributed by atoms with van der Waals surface area (Å²) in [6.45, 7) is 0. The van der Waals surface area contributed by atoms with Gasteiger partial charge in [0.25, 0.3) is 0 Å². The molecule has 0 saturated heterocycles. The van der Waals surface area contributed by atoms with E-state index in [1.165, 1.54) is 0 Å². The Morgan fingerprint density at radius 1 is 0.947 bits per heavy atom. The van der Waals surface area contributed by atoms with Crippen LogP contribution in [-0.4, -0.2) is 6.29 Å². The number of benzene rings is 2. The number of carbonyl (C=O) groups excluding carboxylic acids is 1. The van der Waals surface area contributed by atoms with Gasteiger partial charge in [0.15, 0.2) is 29.0 Å². The molecule has 98 valence electrons. The third kappa shape index (κ3) is 2.57. The predicted molar refractivity (Wildman–Crippen MR) is 58.2 cm³/mol. The molecule has 0 N–H and O–H groups in total. The van der Waals surface area contributed by atoms with Gasteiger partial charge in [-0.2, -0.15) is 4.39 Å². The van der Waals surface area contributed by atoms with E-state index in [0.29, 0.717) is 0 Å². The van der Waals surface area contributed by atoms with Gasteiger partial charge in [-0.25, -0.2) is 13.2 Å². The van der Waals surface area contributed by atoms with E-state index >= 15 is 0 Å². The zero-order valence-corrected chi connectivity index (χ0v) is 9.29. The van der Waals surface area contributed by atoms with Gasteiger partial charge in [-0.1, -0.05) is 6.07 Å². The van der Waals surface area contributed by atoms with Crippen molar-refractivity contribution in [3.8, 4) is 11.5 Å². The first-order chi connectivity index (χ1) is 9.02. The van der Waals surface area contributed by atoms with Crippen molar-refractivity contribution < 1.29 is 27.1 Å². The monoisotopic (exact) mass is 270 g/mol. The van der Waals surface area contributed by atoms with E-state index in [-0.39, 0.29) is 11.8 Å². The minimum atomic E-state index is -1.36. The minimum absolute atomic E-state index is 0.234. The normalized spacial score (nSPS) is 10.3. The molecule has 0 heterocycles. The Kier molecular flexibility index (Phi) is 3.50. The first-order valence-electron chi connectivity index (χ1n) is 5.09. The number of hydrogen-bond donors (Lipinski definition) is 0. The number of aldehydes is 1. The molecule has 0 spiro atoms. The molecule has 2 rings (SSSR count). The second-order valence-electron chi connectivity index (χ2n) is 3.59. The summed E-state index contributed by atoms with van der Waals surface area (Å²) in [7, 11) is 0. The zero-order valence-electron chi connectivity index (χ0n) is 9.29. The Hall–Kier alpha value is -2.37. The van der Waals surface area contributed by atoms with Crippen LogP contribution in [0.15, 0.2) is 30.3 Å². The van der Waals surface area contributed by atoms with E-state index in [4.69, 9.17) is 0 Å². The van der Waals surface area contributed by atoms with Gasteiger partial charge in [0.2, 0.25) is 5.82 Å². The molecule has 2 nitrogen and oxygen atoms in total. The highest BCUT2D eigenvalue weighted by atomic mass is 19.2. The lowest BCUT2D eigenvalue weighted by Crippen LogP contribution is -1.97. The summed E-state index contributed by atoms with van der Waals surface area (Å²) in [4.78, 5) is 10.4. The van der Waals surface area contributed by atoms with Crippen molar-refractivity contribution in [2.45, 2.75) is 0 Å². The summed E-state index contributed by atoms with van der Waals surface area (Å²) in [5, 5.41) is 0. The Morgan fingerprint density at radius 3 is 2.16 bits per heavy atom. The summed E-state index contributed by atoms with van der Waals surface area (Å²) >= 11 is 0. The first-order valence-corrected chi connectivity index (χ1v) is 5.09. The van der Waals surface area contributed by atoms with E-state index < -0.39 is 34.8 Å². The maximum Gasteiger partial charge on any atom is 0.201 e. The lowest BCUT2D eigenvalue weighted by Gasteiger charge is -2.09. The molecule has 0 amide bonds. The summed E-state index contributed by atoms with van der Waals surface area (Å²) in [6, 6.07) is 4.43. The van der Waals surface area contributed by atoms with E-state index in [9.17, 15) is 22.4 Å². The molecule has 0 fully saturated rings. The SMILES string of the molecule is O=Cc1cc(F)c(Oc2cccc(F)c2F)c(F)c1. The quantitative estimate of drug-likeness (QED) is 0.625. The largest absolute Gasteiger partial charge is 0.448 e. The predicted octanol–water partition coefficient (Wildman–Crippen LogP) is 3.85. The molecule has 6 heteroatoms. The lowest BCUT2D eigenvalue weighted by molar-refractivity contribution is 0.112. The van der Waals surface area contributed by atoms with E-state index in [0.717, 1.165) is 30.3 Å². The van der Waals surface area contributed by atoms with Crippen molar-refractivity contribution >= 4 is 6.29 Å². The van der Waals surface area contributed by atoms with Crippen LogP contribution < -0.4 is 4.74 Å². The molecule has 0 aliphatic carbocycles. The highest BCUT2D eigenvalue weighted by Crippen LogP contribution is 2.30. The Balaban J connectivity index is 2.44. The number of ether oxygens (including phenoxy) is 1. The van der Waals surface area contributed by atoms with Gasteiger partial charge < -0.3 is 4.74 Å². The van der Waals surface area contributed by atoms with Crippen molar-refractivity contribution in [1.82, 2.24) is 0 Å². The highest BCUT2D eigenvalue weighted by molar-refractivity contribution is 5.75. The standard InChI is InChI=1S/C13H6F4O2/c14-8-2-1-3-11(12(8)17)19-13-9(15)4-7(6-18)5-10(13)16/h1-6H. The summed E-state index contributed by atoms with van der Waals surface area (Å²) < 4.78 is 57.8. The molecule has 0 saturated carbocycles. The van der Waals surface area contributed by atoms with Crippen LogP contribution in [0.2, 0.25) is 0 Å². The fraction of sp³-hybridized carbons (Fsp3) is 0. The third-order valence-electron chi connectivity index (χ3n) is 2.28. The van der Waals surface area contributed by atoms with Crippen LogP contribution in [-0.2, 0) is 0 Å². The van der Waals surface area contributed by atoms with Crippen LogP contribution in [0.5, 0.6) is 11.5 Å². The molecule has 0 radical (unpaired) electrons. The van der Waals surface area contributed by atoms with Crippen LogP contribution in [0.3, 0.4) is 0 Å². The van der Waals surface area contributed by atoms with E-state index in [2.05, 4.69) is 4.74 Å². The Morgan fingerprint density at radius 2 is 1.58 bits per heavy atom. The highest BCUT2D eigenvalue weighted by Gasteiger charge is 2.17. The molecule has 2 aromatic carbocycles. The number of carbonyl (C=O) groups is 1. The molecule has 0 aromatic heterocycles. The van der Waals surface area contributed by atoms with E-state index in [1.807, 2.05) is 0 Å². The molecule has 2 aromatic rings. The minimum Gasteiger partial charge on any atom is -0.448 e. The topological polar surface area (TPSA) is 26.3 Å². The molecule has 19 heavy (non-hydrogen) atoms. The van der Waals surface area contributed by atoms with Crippen molar-refractivity contribution in [3.63, 3.8) is 0 Å². The molecule has 0 aliphatic heterocycles. The van der Waals surface area contributed by atoms with Crippen LogP contribution in [0.25, 0.3) is 0 Å². The average molecular weight is 270 g/mol. The maximum atomic E-state index is 13.5. The van der Waals surface area contributed by atoms with Crippen molar-refractivity contribution in [3.05, 3.63) is 59.2 Å². The maximum absolute atomic E-state index is 13.5. The van der Waals surface area contributed by atoms with Crippen LogP contribution in [0.4, 0.5) is 17.6 Å². The molecular weight excluding hydrogens is 264 g/mol. The number of hydrogen-bond acceptors (Lipinski definition) is 2. The second kappa shape index (κ2) is 5.09. The average Bonchev–Trinajstić information content (AvgIpc) is 2.38. The smallest absolute Gasteiger partial charge is 0.201 e. The van der Waals surface area contributed by atoms with Gasteiger partial charge >= 0.3 is 0 Å². The van der Waals surface area contributed by atoms with Gasteiger partial charge in [0.1, 0.15) is 6.29 Å². The first kappa shape index (κ1) is 13.1. The van der Waals surface area contributed by atoms with Crippen molar-refractivity contribution in [2.75, 3.05) is 0 Å². The van der Waals surface area contributed by atoms with Crippen LogP contribution in [0, 0.1) is 23.3 Å². The summed E-state index contributed by atoms with van der Waals surface area (Å²) in [5.74, 6) is -6.51. The van der Waals surface area contributed by atoms with Crippen LogP contribution >= 0.6 is 0 Å². The van der Waals surface area contributed by atoms with Crippen molar-refractivity contribution in [1.29, 1.82) is 0 Å². The lowest BCUT2D eigenvalue weighted by atomic mass is 10.2. The van der Waals surface area contributed by atoms with Crippen molar-refractivity contribution in [2.24, 2.45) is 0 Å². The molecular formula is C13H6F4O2. The van der Waals surface area contributed by atoms with Gasteiger partial charge in [-0.3, -0.25) is 4.79 Å². The summed E-state index contributed by atoms with van der Waals surface area (Å²) in [6.07, 6.45) is 0.249. The zero-order chi connectivity index (χ0) is 14.0. The van der Waals surface area contributed by atoms with E-state index in [1.54, 1.807) is 0 Å². The Bertz CT molecular complexity index is 618. The summed E-state index contributed by atoms with van der Waals surface area (Å²) in [5.41, 5.74) is -0.234. The van der Waals surface area contributed by atoms with Gasteiger partial charge in [0.05, 0.1) is 0 Å². The fourth-order valence-electron chi connectivity index (χ4n) is 1.42. The van der Waals surface area contributed by atoms with Gasteiger partial charge in [0, 0.05) is 5.56 Å². The molecule has 0 atom stereocenters. The van der Waals surface area contributed by atoms with Gasteiger partial charge in [-0.05, 0) is 24.3 Å². The Labute approximate surface area is 105 Å². The molecule has 0 bridgehead atoms. The molecule has 0 aliphatic rings.